The Hall–Kier alpha value is -2.05. The van der Waals surface area contributed by atoms with Gasteiger partial charge in [-0.3, -0.25) is 0 Å². The summed E-state index contributed by atoms with van der Waals surface area (Å²) in [6.07, 6.45) is 0. The Morgan fingerprint density at radius 3 is 2.83 bits per heavy atom. The van der Waals surface area contributed by atoms with Crippen LogP contribution in [0.15, 0.2) is 58.0 Å². The summed E-state index contributed by atoms with van der Waals surface area (Å²) < 4.78 is 6.42. The van der Waals surface area contributed by atoms with Gasteiger partial charge in [0.25, 0.3) is 5.89 Å². The summed E-state index contributed by atoms with van der Waals surface area (Å²) in [5.74, 6) is 2.87. The van der Waals surface area contributed by atoms with Gasteiger partial charge in [0, 0.05) is 11.3 Å². The number of thioether (sulfide) groups is 2. The van der Waals surface area contributed by atoms with E-state index in [2.05, 4.69) is 35.3 Å². The molecule has 0 saturated carbocycles. The maximum atomic E-state index is 5.37. The van der Waals surface area contributed by atoms with Crippen molar-refractivity contribution < 1.29 is 4.52 Å². The van der Waals surface area contributed by atoms with Crippen molar-refractivity contribution in [3.8, 4) is 11.5 Å². The van der Waals surface area contributed by atoms with Gasteiger partial charge in [0.2, 0.25) is 0 Å². The average molecular weight is 353 g/mol. The lowest BCUT2D eigenvalue weighted by Gasteiger charge is -2.13. The standard InChI is InChI=1S/C18H15N3OS2/c1-12-6-8-13(9-7-12)17-20-16(21-22-17)11-24-18-19-15-5-3-2-4-14(15)10-23-18/h2-9H,10-11H2,1H3. The number of aryl methyl sites for hydroxylation is 1. The summed E-state index contributed by atoms with van der Waals surface area (Å²) in [7, 11) is 0. The van der Waals surface area contributed by atoms with Crippen LogP contribution in [0.2, 0.25) is 0 Å². The fraction of sp³-hybridized carbons (Fsp3) is 0.167. The molecule has 0 fully saturated rings. The Kier molecular flexibility index (Phi) is 4.40. The maximum absolute atomic E-state index is 5.37. The monoisotopic (exact) mass is 353 g/mol. The van der Waals surface area contributed by atoms with Crippen molar-refractivity contribution in [2.24, 2.45) is 4.99 Å². The Bertz CT molecular complexity index is 887. The van der Waals surface area contributed by atoms with Crippen LogP contribution in [-0.4, -0.2) is 14.5 Å². The molecule has 0 atom stereocenters. The van der Waals surface area contributed by atoms with Crippen molar-refractivity contribution in [1.29, 1.82) is 0 Å². The second kappa shape index (κ2) is 6.83. The molecule has 0 N–H and O–H groups in total. The zero-order valence-corrected chi connectivity index (χ0v) is 14.7. The van der Waals surface area contributed by atoms with Crippen LogP contribution < -0.4 is 0 Å². The molecule has 4 nitrogen and oxygen atoms in total. The first-order chi connectivity index (χ1) is 11.8. The van der Waals surface area contributed by atoms with Gasteiger partial charge in [-0.2, -0.15) is 4.98 Å². The predicted octanol–water partition coefficient (Wildman–Crippen LogP) is 5.21. The maximum Gasteiger partial charge on any atom is 0.257 e. The third-order valence-electron chi connectivity index (χ3n) is 3.65. The Morgan fingerprint density at radius 2 is 1.96 bits per heavy atom. The lowest BCUT2D eigenvalue weighted by molar-refractivity contribution is 0.425. The topological polar surface area (TPSA) is 51.3 Å². The van der Waals surface area contributed by atoms with Gasteiger partial charge in [-0.05, 0) is 30.7 Å². The molecule has 0 amide bonds. The van der Waals surface area contributed by atoms with Crippen molar-refractivity contribution in [3.05, 3.63) is 65.5 Å². The van der Waals surface area contributed by atoms with Crippen molar-refractivity contribution >= 4 is 33.6 Å². The van der Waals surface area contributed by atoms with E-state index in [0.717, 1.165) is 21.4 Å². The zero-order chi connectivity index (χ0) is 16.4. The van der Waals surface area contributed by atoms with Gasteiger partial charge in [0.1, 0.15) is 4.38 Å². The van der Waals surface area contributed by atoms with Crippen LogP contribution >= 0.6 is 23.5 Å². The second-order valence-electron chi connectivity index (χ2n) is 5.47. The molecular formula is C18H15N3OS2. The summed E-state index contributed by atoms with van der Waals surface area (Å²) in [5.41, 5.74) is 4.50. The first kappa shape index (κ1) is 15.5. The second-order valence-corrected chi connectivity index (χ2v) is 7.65. The molecule has 6 heteroatoms. The van der Waals surface area contributed by atoms with E-state index in [4.69, 9.17) is 9.52 Å². The lowest BCUT2D eigenvalue weighted by atomic mass is 10.1. The molecule has 3 aromatic rings. The molecule has 1 aliphatic heterocycles. The highest BCUT2D eigenvalue weighted by Crippen LogP contribution is 2.35. The van der Waals surface area contributed by atoms with E-state index >= 15 is 0 Å². The van der Waals surface area contributed by atoms with Gasteiger partial charge in [-0.15, -0.1) is 0 Å². The zero-order valence-electron chi connectivity index (χ0n) is 13.1. The highest BCUT2D eigenvalue weighted by Gasteiger charge is 2.14. The minimum atomic E-state index is 0.564. The van der Waals surface area contributed by atoms with Crippen LogP contribution in [0.5, 0.6) is 0 Å². The van der Waals surface area contributed by atoms with E-state index in [9.17, 15) is 0 Å². The molecule has 4 rings (SSSR count). The smallest absolute Gasteiger partial charge is 0.257 e. The minimum absolute atomic E-state index is 0.564. The first-order valence-electron chi connectivity index (χ1n) is 7.60. The SMILES string of the molecule is Cc1ccc(-c2nc(CSC3=Nc4ccccc4CS3)no2)cc1. The van der Waals surface area contributed by atoms with Crippen molar-refractivity contribution in [3.63, 3.8) is 0 Å². The molecule has 2 heterocycles. The van der Waals surface area contributed by atoms with Gasteiger partial charge in [0.05, 0.1) is 11.4 Å². The first-order valence-corrected chi connectivity index (χ1v) is 9.57. The molecule has 0 unspecified atom stereocenters. The van der Waals surface area contributed by atoms with E-state index in [-0.39, 0.29) is 0 Å². The van der Waals surface area contributed by atoms with Crippen LogP contribution in [0, 0.1) is 6.92 Å². The van der Waals surface area contributed by atoms with Crippen LogP contribution in [-0.2, 0) is 11.5 Å². The fourth-order valence-electron chi connectivity index (χ4n) is 2.34. The summed E-state index contributed by atoms with van der Waals surface area (Å²) in [4.78, 5) is 9.17. The molecular weight excluding hydrogens is 338 g/mol. The molecule has 2 aromatic carbocycles. The number of benzene rings is 2. The number of rotatable bonds is 3. The van der Waals surface area contributed by atoms with Gasteiger partial charge in [0.15, 0.2) is 5.82 Å². The largest absolute Gasteiger partial charge is 0.334 e. The molecule has 1 aliphatic rings. The Labute approximate surface area is 148 Å². The minimum Gasteiger partial charge on any atom is -0.334 e. The molecule has 0 radical (unpaired) electrons. The Morgan fingerprint density at radius 1 is 1.12 bits per heavy atom. The number of aromatic nitrogens is 2. The predicted molar refractivity (Wildman–Crippen MR) is 101 cm³/mol. The molecule has 24 heavy (non-hydrogen) atoms. The van der Waals surface area contributed by atoms with Gasteiger partial charge >= 0.3 is 0 Å². The summed E-state index contributed by atoms with van der Waals surface area (Å²) in [6, 6.07) is 16.3. The third kappa shape index (κ3) is 3.39. The third-order valence-corrected chi connectivity index (χ3v) is 5.89. The molecule has 0 saturated heterocycles. The van der Waals surface area contributed by atoms with E-state index in [0.29, 0.717) is 17.5 Å². The highest BCUT2D eigenvalue weighted by molar-refractivity contribution is 8.38. The lowest BCUT2D eigenvalue weighted by Crippen LogP contribution is -1.96. The number of para-hydroxylation sites is 1. The highest BCUT2D eigenvalue weighted by atomic mass is 32.2. The number of hydrogen-bond donors (Lipinski definition) is 0. The molecule has 0 spiro atoms. The molecule has 120 valence electrons. The van der Waals surface area contributed by atoms with Gasteiger partial charge < -0.3 is 4.52 Å². The van der Waals surface area contributed by atoms with Crippen molar-refractivity contribution in [2.75, 3.05) is 0 Å². The van der Waals surface area contributed by atoms with E-state index in [1.165, 1.54) is 11.1 Å². The normalized spacial score (nSPS) is 13.5. The van der Waals surface area contributed by atoms with Crippen LogP contribution in [0.25, 0.3) is 11.5 Å². The van der Waals surface area contributed by atoms with Crippen molar-refractivity contribution in [1.82, 2.24) is 10.1 Å². The van der Waals surface area contributed by atoms with Crippen LogP contribution in [0.4, 0.5) is 5.69 Å². The summed E-state index contributed by atoms with van der Waals surface area (Å²) in [5, 5.41) is 4.07. The van der Waals surface area contributed by atoms with Crippen LogP contribution in [0.1, 0.15) is 17.0 Å². The number of nitrogens with zero attached hydrogens (tertiary/aromatic N) is 3. The average Bonchev–Trinajstić information content (AvgIpc) is 3.09. The molecule has 0 bridgehead atoms. The molecule has 0 aliphatic carbocycles. The van der Waals surface area contributed by atoms with E-state index in [1.54, 1.807) is 23.5 Å². The fourth-order valence-corrected chi connectivity index (χ4v) is 4.24. The van der Waals surface area contributed by atoms with E-state index < -0.39 is 0 Å². The Balaban J connectivity index is 1.44. The summed E-state index contributed by atoms with van der Waals surface area (Å²) >= 11 is 3.41. The van der Waals surface area contributed by atoms with E-state index in [1.807, 2.05) is 30.3 Å². The number of aliphatic imine (C=N–C) groups is 1. The summed E-state index contributed by atoms with van der Waals surface area (Å²) in [6.45, 7) is 2.06. The van der Waals surface area contributed by atoms with Gasteiger partial charge in [-0.1, -0.05) is 64.6 Å². The molecule has 1 aromatic heterocycles. The number of fused-ring (bicyclic) bond motifs is 1. The van der Waals surface area contributed by atoms with Crippen molar-refractivity contribution in [2.45, 2.75) is 18.4 Å². The van der Waals surface area contributed by atoms with Crippen LogP contribution in [0.3, 0.4) is 0 Å². The number of hydrogen-bond acceptors (Lipinski definition) is 6. The van der Waals surface area contributed by atoms with Gasteiger partial charge in [-0.25, -0.2) is 4.99 Å². The quantitative estimate of drug-likeness (QED) is 0.647.